The third-order valence-electron chi connectivity index (χ3n) is 5.47. The van der Waals surface area contributed by atoms with Crippen molar-refractivity contribution in [3.8, 4) is 5.69 Å². The quantitative estimate of drug-likeness (QED) is 0.774. The van der Waals surface area contributed by atoms with Gasteiger partial charge in [0.1, 0.15) is 5.82 Å². The number of hydrogen-bond acceptors (Lipinski definition) is 4. The number of hydrogen-bond donors (Lipinski definition) is 1. The summed E-state index contributed by atoms with van der Waals surface area (Å²) in [6, 6.07) is 17.2. The molecule has 0 amide bonds. The number of fused-ring (bicyclic) bond motifs is 3. The summed E-state index contributed by atoms with van der Waals surface area (Å²) in [6.45, 7) is 4.19. The lowest BCUT2D eigenvalue weighted by Crippen LogP contribution is -2.45. The number of nitrogens with zero attached hydrogens (tertiary/aromatic N) is 4. The first-order valence-corrected chi connectivity index (χ1v) is 9.23. The van der Waals surface area contributed by atoms with Crippen LogP contribution in [0.3, 0.4) is 0 Å². The van der Waals surface area contributed by atoms with Gasteiger partial charge in [0.25, 0.3) is 0 Å². The van der Waals surface area contributed by atoms with Gasteiger partial charge in [0.2, 0.25) is 0 Å². The molecule has 5 nitrogen and oxygen atoms in total. The lowest BCUT2D eigenvalue weighted by Gasteiger charge is -2.36. The highest BCUT2D eigenvalue weighted by molar-refractivity contribution is 5.68. The Morgan fingerprint density at radius 1 is 0.962 bits per heavy atom. The summed E-state index contributed by atoms with van der Waals surface area (Å²) in [5.74, 6) is 1.10. The second-order valence-electron chi connectivity index (χ2n) is 7.10. The van der Waals surface area contributed by atoms with Gasteiger partial charge in [0.05, 0.1) is 17.4 Å². The molecule has 0 spiro atoms. The summed E-state index contributed by atoms with van der Waals surface area (Å²) < 4.78 is 2.29. The molecule has 1 saturated heterocycles. The Morgan fingerprint density at radius 3 is 2.69 bits per heavy atom. The Hall–Kier alpha value is -2.79. The van der Waals surface area contributed by atoms with Crippen molar-refractivity contribution in [1.82, 2.24) is 14.5 Å². The third-order valence-corrected chi connectivity index (χ3v) is 5.47. The highest BCUT2D eigenvalue weighted by Gasteiger charge is 2.29. The van der Waals surface area contributed by atoms with Crippen molar-refractivity contribution >= 4 is 11.5 Å². The fourth-order valence-electron chi connectivity index (χ4n) is 4.04. The van der Waals surface area contributed by atoms with E-state index in [0.717, 1.165) is 37.7 Å². The molecule has 4 heterocycles. The number of pyridine rings is 1. The highest BCUT2D eigenvalue weighted by Crippen LogP contribution is 2.39. The van der Waals surface area contributed by atoms with Crippen LogP contribution in [0.5, 0.6) is 0 Å². The maximum absolute atomic E-state index is 4.77. The highest BCUT2D eigenvalue weighted by atomic mass is 15.3. The predicted octanol–water partition coefficient (Wildman–Crippen LogP) is 3.14. The molecule has 0 aliphatic carbocycles. The average molecular weight is 345 g/mol. The largest absolute Gasteiger partial charge is 0.371 e. The number of para-hydroxylation sites is 2. The molecule has 3 aromatic rings. The molecule has 1 aromatic carbocycles. The van der Waals surface area contributed by atoms with E-state index >= 15 is 0 Å². The van der Waals surface area contributed by atoms with Gasteiger partial charge < -0.3 is 19.7 Å². The molecule has 0 bridgehead atoms. The van der Waals surface area contributed by atoms with Gasteiger partial charge in [-0.2, -0.15) is 0 Å². The van der Waals surface area contributed by atoms with Crippen molar-refractivity contribution in [2.45, 2.75) is 6.04 Å². The van der Waals surface area contributed by atoms with Crippen LogP contribution in [0.2, 0.25) is 0 Å². The number of nitrogens with one attached hydrogen (secondary N) is 1. The Morgan fingerprint density at radius 2 is 1.81 bits per heavy atom. The van der Waals surface area contributed by atoms with E-state index in [1.807, 2.05) is 12.3 Å². The molecule has 2 aliphatic heterocycles. The van der Waals surface area contributed by atoms with Crippen LogP contribution in [0.1, 0.15) is 17.3 Å². The van der Waals surface area contributed by atoms with E-state index in [-0.39, 0.29) is 6.04 Å². The van der Waals surface area contributed by atoms with Crippen molar-refractivity contribution in [2.75, 3.05) is 43.4 Å². The monoisotopic (exact) mass is 345 g/mol. The van der Waals surface area contributed by atoms with Gasteiger partial charge in [-0.1, -0.05) is 18.2 Å². The van der Waals surface area contributed by atoms with Gasteiger partial charge in [-0.15, -0.1) is 0 Å². The zero-order chi connectivity index (χ0) is 17.5. The van der Waals surface area contributed by atoms with E-state index in [1.54, 1.807) is 0 Å². The van der Waals surface area contributed by atoms with E-state index in [1.165, 1.54) is 16.9 Å². The number of rotatable bonds is 2. The van der Waals surface area contributed by atoms with Crippen molar-refractivity contribution < 1.29 is 0 Å². The van der Waals surface area contributed by atoms with Crippen LogP contribution < -0.4 is 10.2 Å². The maximum atomic E-state index is 4.77. The molecule has 0 radical (unpaired) electrons. The van der Waals surface area contributed by atoms with E-state index in [0.29, 0.717) is 0 Å². The van der Waals surface area contributed by atoms with E-state index in [2.05, 4.69) is 75.4 Å². The molecule has 2 aromatic heterocycles. The van der Waals surface area contributed by atoms with Gasteiger partial charge in [-0.05, 0) is 37.4 Å². The lowest BCUT2D eigenvalue weighted by molar-refractivity contribution is 0.311. The van der Waals surface area contributed by atoms with Gasteiger partial charge >= 0.3 is 0 Å². The van der Waals surface area contributed by atoms with Gasteiger partial charge in [-0.25, -0.2) is 4.98 Å². The van der Waals surface area contributed by atoms with Crippen molar-refractivity contribution in [3.63, 3.8) is 0 Å². The normalized spacial score (nSPS) is 19.6. The van der Waals surface area contributed by atoms with Crippen molar-refractivity contribution in [3.05, 3.63) is 72.2 Å². The number of anilines is 2. The van der Waals surface area contributed by atoms with Crippen LogP contribution in [0.15, 0.2) is 60.9 Å². The summed E-state index contributed by atoms with van der Waals surface area (Å²) in [4.78, 5) is 9.57. The van der Waals surface area contributed by atoms with E-state index in [9.17, 15) is 0 Å². The Bertz CT molecular complexity index is 923. The smallest absolute Gasteiger partial charge is 0.134 e. The first-order chi connectivity index (χ1) is 12.8. The number of benzene rings is 1. The lowest BCUT2D eigenvalue weighted by atomic mass is 10.0. The minimum absolute atomic E-state index is 0.100. The number of aromatic nitrogens is 2. The molecule has 1 N–H and O–H groups in total. The van der Waals surface area contributed by atoms with Crippen LogP contribution >= 0.6 is 0 Å². The fourth-order valence-corrected chi connectivity index (χ4v) is 4.04. The Labute approximate surface area is 153 Å². The molecule has 5 rings (SSSR count). The minimum atomic E-state index is 0.100. The molecule has 2 aliphatic rings. The van der Waals surface area contributed by atoms with E-state index in [4.69, 9.17) is 4.98 Å². The summed E-state index contributed by atoms with van der Waals surface area (Å²) in [7, 11) is 2.18. The Balaban J connectivity index is 1.58. The molecular formula is C21H23N5. The molecule has 26 heavy (non-hydrogen) atoms. The standard InChI is InChI=1S/C21H23N5/c1-24-12-14-25(15-13-24)21-16(6-4-10-22-21)20-19-9-5-11-26(19)18-8-3-2-7-17(18)23-20/h2-11,20,23H,12-15H2,1H3. The minimum Gasteiger partial charge on any atom is -0.371 e. The molecule has 1 fully saturated rings. The van der Waals surface area contributed by atoms with Crippen molar-refractivity contribution in [1.29, 1.82) is 0 Å². The molecule has 1 atom stereocenters. The summed E-state index contributed by atoms with van der Waals surface area (Å²) in [5, 5.41) is 3.75. The zero-order valence-electron chi connectivity index (χ0n) is 15.0. The first kappa shape index (κ1) is 15.5. The van der Waals surface area contributed by atoms with Crippen LogP contribution in [0.25, 0.3) is 5.69 Å². The summed E-state index contributed by atoms with van der Waals surface area (Å²) in [5.41, 5.74) is 4.86. The molecule has 5 heteroatoms. The van der Waals surface area contributed by atoms with Crippen LogP contribution in [-0.2, 0) is 0 Å². The fraction of sp³-hybridized carbons (Fsp3) is 0.286. The molecule has 0 saturated carbocycles. The Kier molecular flexibility index (Phi) is 3.68. The van der Waals surface area contributed by atoms with Crippen LogP contribution in [-0.4, -0.2) is 47.7 Å². The second-order valence-corrected chi connectivity index (χ2v) is 7.10. The second kappa shape index (κ2) is 6.18. The number of likely N-dealkylation sites (N-methyl/N-ethyl adjacent to an activating group) is 1. The SMILES string of the molecule is CN1CCN(c2ncccc2C2Nc3ccccc3-n3cccc32)CC1. The average Bonchev–Trinajstić information content (AvgIpc) is 3.18. The third kappa shape index (κ3) is 2.47. The summed E-state index contributed by atoms with van der Waals surface area (Å²) >= 11 is 0. The maximum Gasteiger partial charge on any atom is 0.134 e. The van der Waals surface area contributed by atoms with Crippen LogP contribution in [0.4, 0.5) is 11.5 Å². The van der Waals surface area contributed by atoms with Gasteiger partial charge in [0.15, 0.2) is 0 Å². The van der Waals surface area contributed by atoms with Gasteiger partial charge in [-0.3, -0.25) is 0 Å². The topological polar surface area (TPSA) is 36.3 Å². The number of piperazine rings is 1. The molecular weight excluding hydrogens is 322 g/mol. The van der Waals surface area contributed by atoms with Crippen LogP contribution in [0, 0.1) is 0 Å². The first-order valence-electron chi connectivity index (χ1n) is 9.23. The molecule has 1 unspecified atom stereocenters. The zero-order valence-corrected chi connectivity index (χ0v) is 15.0. The van der Waals surface area contributed by atoms with Gasteiger partial charge in [0, 0.05) is 49.8 Å². The molecule has 132 valence electrons. The van der Waals surface area contributed by atoms with E-state index < -0.39 is 0 Å². The van der Waals surface area contributed by atoms with Crippen molar-refractivity contribution in [2.24, 2.45) is 0 Å². The summed E-state index contributed by atoms with van der Waals surface area (Å²) in [6.07, 6.45) is 4.06. The predicted molar refractivity (Wildman–Crippen MR) is 105 cm³/mol.